The molecule has 7 nitrogen and oxygen atoms in total. The van der Waals surface area contributed by atoms with Gasteiger partial charge in [0, 0.05) is 60.7 Å². The van der Waals surface area contributed by atoms with Gasteiger partial charge in [-0.15, -0.1) is 0 Å². The first-order chi connectivity index (χ1) is 20.9. The highest BCUT2D eigenvalue weighted by Crippen LogP contribution is 2.41. The van der Waals surface area contributed by atoms with Gasteiger partial charge in [-0.1, -0.05) is 31.2 Å². The molecule has 43 heavy (non-hydrogen) atoms. The number of nitrogens with one attached hydrogen (secondary N) is 2. The van der Waals surface area contributed by atoms with E-state index in [0.717, 1.165) is 53.5 Å². The Labute approximate surface area is 260 Å². The van der Waals surface area contributed by atoms with E-state index in [1.54, 1.807) is 0 Å². The van der Waals surface area contributed by atoms with Crippen molar-refractivity contribution in [2.75, 3.05) is 29.9 Å². The Balaban J connectivity index is 1.45. The highest BCUT2D eigenvalue weighted by molar-refractivity contribution is 7.80. The molecule has 0 unspecified atom stereocenters. The third-order valence-corrected chi connectivity index (χ3v) is 8.83. The molecule has 1 amide bonds. The predicted octanol–water partition coefficient (Wildman–Crippen LogP) is 6.90. The molecule has 5 rings (SSSR count). The third kappa shape index (κ3) is 6.30. The van der Waals surface area contributed by atoms with Crippen LogP contribution in [0.2, 0.25) is 0 Å². The van der Waals surface area contributed by atoms with Crippen molar-refractivity contribution in [3.05, 3.63) is 107 Å². The zero-order valence-corrected chi connectivity index (χ0v) is 26.6. The Hall–Kier alpha value is -4.17. The lowest BCUT2D eigenvalue weighted by Gasteiger charge is -2.28. The molecule has 2 atom stereocenters. The molecular formula is C35H42N6OS. The van der Waals surface area contributed by atoms with Gasteiger partial charge in [0.1, 0.15) is 0 Å². The second-order valence-electron chi connectivity index (χ2n) is 11.0. The van der Waals surface area contributed by atoms with Crippen LogP contribution in [0.15, 0.2) is 79.0 Å². The van der Waals surface area contributed by atoms with Gasteiger partial charge in [-0.3, -0.25) is 9.78 Å². The maximum absolute atomic E-state index is 13.1. The minimum absolute atomic E-state index is 0.0255. The maximum Gasteiger partial charge on any atom is 0.226 e. The van der Waals surface area contributed by atoms with Gasteiger partial charge in [-0.05, 0) is 106 Å². The largest absolute Gasteiger partial charge is 0.372 e. The van der Waals surface area contributed by atoms with E-state index in [1.807, 2.05) is 42.6 Å². The normalized spacial score (nSPS) is 16.3. The number of hydrogen-bond donors (Lipinski definition) is 2. The van der Waals surface area contributed by atoms with Crippen LogP contribution in [0.5, 0.6) is 0 Å². The molecule has 0 spiro atoms. The highest BCUT2D eigenvalue weighted by Gasteiger charge is 2.41. The van der Waals surface area contributed by atoms with E-state index in [-0.39, 0.29) is 18.0 Å². The zero-order valence-electron chi connectivity index (χ0n) is 25.8. The van der Waals surface area contributed by atoms with E-state index in [0.29, 0.717) is 18.1 Å². The summed E-state index contributed by atoms with van der Waals surface area (Å²) in [6.07, 6.45) is 2.99. The molecule has 8 heteroatoms. The van der Waals surface area contributed by atoms with Gasteiger partial charge >= 0.3 is 0 Å². The number of rotatable bonds is 11. The van der Waals surface area contributed by atoms with E-state index < -0.39 is 0 Å². The molecule has 2 aromatic heterocycles. The van der Waals surface area contributed by atoms with Crippen molar-refractivity contribution >= 4 is 34.6 Å². The summed E-state index contributed by atoms with van der Waals surface area (Å²) in [5.41, 5.74) is 8.74. The van der Waals surface area contributed by atoms with Gasteiger partial charge in [-0.2, -0.15) is 0 Å². The van der Waals surface area contributed by atoms with Crippen LogP contribution in [0.1, 0.15) is 67.5 Å². The molecule has 0 aliphatic carbocycles. The van der Waals surface area contributed by atoms with E-state index in [1.165, 1.54) is 11.3 Å². The predicted molar refractivity (Wildman–Crippen MR) is 180 cm³/mol. The number of amides is 1. The standard InChI is InChI=1S/C35H42N6OS/c1-6-26-13-9-10-14-30(26)37-32(42)20-22-40-34(33(38-35(40)43)31-15-11-12-21-36-31)29-23-24(4)41(25(29)5)28-18-16-27(17-19-28)39(7-2)8-3/h9-19,21,23,33-34H,6-8,20,22H2,1-5H3,(H,37,42)(H,38,43)/t33-,34+/m1/s1. The number of para-hydroxylation sites is 1. The fourth-order valence-electron chi connectivity index (χ4n) is 6.26. The van der Waals surface area contributed by atoms with Gasteiger partial charge < -0.3 is 25.0 Å². The number of nitrogens with zero attached hydrogens (tertiary/aromatic N) is 4. The van der Waals surface area contributed by atoms with Gasteiger partial charge in [0.25, 0.3) is 0 Å². The lowest BCUT2D eigenvalue weighted by Crippen LogP contribution is -2.33. The summed E-state index contributed by atoms with van der Waals surface area (Å²) in [5.74, 6) is -0.0255. The van der Waals surface area contributed by atoms with Gasteiger partial charge in [-0.25, -0.2) is 0 Å². The van der Waals surface area contributed by atoms with E-state index in [2.05, 4.69) is 96.0 Å². The number of benzene rings is 2. The number of aryl methyl sites for hydroxylation is 2. The number of aromatic nitrogens is 2. The number of pyridine rings is 1. The fraction of sp³-hybridized carbons (Fsp3) is 0.343. The average Bonchev–Trinajstić information content (AvgIpc) is 3.51. The van der Waals surface area contributed by atoms with Crippen molar-refractivity contribution < 1.29 is 4.79 Å². The molecule has 224 valence electrons. The average molecular weight is 595 g/mol. The molecule has 4 aromatic rings. The van der Waals surface area contributed by atoms with Crippen molar-refractivity contribution in [1.29, 1.82) is 0 Å². The second-order valence-corrected chi connectivity index (χ2v) is 11.4. The van der Waals surface area contributed by atoms with E-state index in [4.69, 9.17) is 17.2 Å². The van der Waals surface area contributed by atoms with Crippen molar-refractivity contribution in [3.63, 3.8) is 0 Å². The number of thiocarbonyl (C=S) groups is 1. The van der Waals surface area contributed by atoms with Crippen LogP contribution in [-0.4, -0.2) is 45.1 Å². The molecule has 2 N–H and O–H groups in total. The van der Waals surface area contributed by atoms with Gasteiger partial charge in [0.2, 0.25) is 5.91 Å². The first kappa shape index (κ1) is 30.3. The molecule has 1 aliphatic rings. The number of hydrogen-bond acceptors (Lipinski definition) is 4. The third-order valence-electron chi connectivity index (χ3n) is 8.48. The summed E-state index contributed by atoms with van der Waals surface area (Å²) in [7, 11) is 0. The number of carbonyl (C=O) groups is 1. The van der Waals surface area contributed by atoms with E-state index >= 15 is 0 Å². The fourth-order valence-corrected chi connectivity index (χ4v) is 6.59. The summed E-state index contributed by atoms with van der Waals surface area (Å²) in [6, 6.07) is 24.7. The lowest BCUT2D eigenvalue weighted by atomic mass is 9.96. The summed E-state index contributed by atoms with van der Waals surface area (Å²) >= 11 is 5.90. The minimum atomic E-state index is -0.142. The monoisotopic (exact) mass is 594 g/mol. The summed E-state index contributed by atoms with van der Waals surface area (Å²) < 4.78 is 2.31. The Bertz CT molecular complexity index is 1560. The Morgan fingerprint density at radius 3 is 2.40 bits per heavy atom. The summed E-state index contributed by atoms with van der Waals surface area (Å²) in [5, 5.41) is 7.29. The quantitative estimate of drug-likeness (QED) is 0.184. The molecule has 1 aliphatic heterocycles. The molecular weight excluding hydrogens is 552 g/mol. The lowest BCUT2D eigenvalue weighted by molar-refractivity contribution is -0.116. The van der Waals surface area contributed by atoms with Gasteiger partial charge in [0.15, 0.2) is 5.11 Å². The zero-order chi connectivity index (χ0) is 30.5. The minimum Gasteiger partial charge on any atom is -0.372 e. The first-order valence-corrected chi connectivity index (χ1v) is 15.7. The Morgan fingerprint density at radius 1 is 1.00 bits per heavy atom. The van der Waals surface area contributed by atoms with Crippen molar-refractivity contribution in [1.82, 2.24) is 19.8 Å². The maximum atomic E-state index is 13.1. The van der Waals surface area contributed by atoms with Crippen LogP contribution in [0.3, 0.4) is 0 Å². The molecule has 1 saturated heterocycles. The Kier molecular flexibility index (Phi) is 9.46. The molecule has 0 bridgehead atoms. The van der Waals surface area contributed by atoms with E-state index in [9.17, 15) is 4.79 Å². The van der Waals surface area contributed by atoms with Crippen molar-refractivity contribution in [2.45, 2.75) is 59.5 Å². The van der Waals surface area contributed by atoms with Crippen molar-refractivity contribution in [3.8, 4) is 5.69 Å². The van der Waals surface area contributed by atoms with Crippen LogP contribution < -0.4 is 15.5 Å². The topological polar surface area (TPSA) is 65.4 Å². The first-order valence-electron chi connectivity index (χ1n) is 15.3. The number of anilines is 2. The molecule has 1 fully saturated rings. The van der Waals surface area contributed by atoms with Crippen LogP contribution >= 0.6 is 12.2 Å². The van der Waals surface area contributed by atoms with Crippen LogP contribution in [-0.2, 0) is 11.2 Å². The van der Waals surface area contributed by atoms with Crippen LogP contribution in [0, 0.1) is 13.8 Å². The van der Waals surface area contributed by atoms with Crippen LogP contribution in [0.4, 0.5) is 11.4 Å². The summed E-state index contributed by atoms with van der Waals surface area (Å²) in [6.45, 7) is 13.2. The molecule has 3 heterocycles. The number of carbonyl (C=O) groups excluding carboxylic acids is 1. The van der Waals surface area contributed by atoms with Crippen molar-refractivity contribution in [2.24, 2.45) is 0 Å². The second kappa shape index (κ2) is 13.4. The van der Waals surface area contributed by atoms with Gasteiger partial charge in [0.05, 0.1) is 17.8 Å². The van der Waals surface area contributed by atoms with Crippen LogP contribution in [0.25, 0.3) is 5.69 Å². The molecule has 0 saturated carbocycles. The molecule has 2 aromatic carbocycles. The molecule has 0 radical (unpaired) electrons. The Morgan fingerprint density at radius 2 is 1.72 bits per heavy atom. The smallest absolute Gasteiger partial charge is 0.226 e. The SMILES string of the molecule is CCc1ccccc1NC(=O)CCN1C(=S)N[C@H](c2ccccn2)[C@@H]1c1cc(C)n(-c2ccc(N(CC)CC)cc2)c1C. The highest BCUT2D eigenvalue weighted by atomic mass is 32.1. The summed E-state index contributed by atoms with van der Waals surface area (Å²) in [4.78, 5) is 22.4.